The molecular weight excluding hydrogens is 434 g/mol. The molecule has 4 aromatic rings. The lowest BCUT2D eigenvalue weighted by atomic mass is 10.2. The molecule has 0 saturated carbocycles. The van der Waals surface area contributed by atoms with Crippen LogP contribution in [0.15, 0.2) is 66.0 Å². The van der Waals surface area contributed by atoms with Crippen LogP contribution in [0.25, 0.3) is 16.4 Å². The van der Waals surface area contributed by atoms with Crippen LogP contribution in [0.5, 0.6) is 0 Å². The zero-order valence-electron chi connectivity index (χ0n) is 16.5. The van der Waals surface area contributed by atoms with Crippen LogP contribution in [0.2, 0.25) is 5.02 Å². The minimum absolute atomic E-state index is 0.00585. The normalized spacial score (nSPS) is 10.6. The molecule has 0 spiro atoms. The molecule has 2 N–H and O–H groups in total. The van der Waals surface area contributed by atoms with Gasteiger partial charge in [0.2, 0.25) is 11.7 Å². The predicted octanol–water partition coefficient (Wildman–Crippen LogP) is 5.25. The minimum atomic E-state index is -0.506. The summed E-state index contributed by atoms with van der Waals surface area (Å²) in [6, 6.07) is 18.2. The standard InChI is InChI=1S/C22H18ClN5O2S/c1-2-19(29)24-14-10-11-16(23)17(13-14)25-22(30)20-26-21(18-9-6-12-31-18)28(27-20)15-7-4-3-5-8-15/h3-13H,2H2,1H3,(H,24,29)(H,25,30). The Morgan fingerprint density at radius 2 is 1.87 bits per heavy atom. The van der Waals surface area contributed by atoms with Crippen molar-refractivity contribution in [3.63, 3.8) is 0 Å². The van der Waals surface area contributed by atoms with E-state index in [0.717, 1.165) is 10.6 Å². The lowest BCUT2D eigenvalue weighted by molar-refractivity contribution is -0.115. The topological polar surface area (TPSA) is 88.9 Å². The van der Waals surface area contributed by atoms with E-state index in [-0.39, 0.29) is 11.7 Å². The Morgan fingerprint density at radius 3 is 2.58 bits per heavy atom. The molecule has 2 heterocycles. The third kappa shape index (κ3) is 4.65. The summed E-state index contributed by atoms with van der Waals surface area (Å²) in [5.74, 6) is -0.0652. The summed E-state index contributed by atoms with van der Waals surface area (Å²) < 4.78 is 1.64. The summed E-state index contributed by atoms with van der Waals surface area (Å²) in [6.07, 6.45) is 0.344. The van der Waals surface area contributed by atoms with E-state index in [2.05, 4.69) is 20.7 Å². The number of para-hydroxylation sites is 1. The van der Waals surface area contributed by atoms with Crippen LogP contribution < -0.4 is 10.6 Å². The van der Waals surface area contributed by atoms with Gasteiger partial charge in [-0.2, -0.15) is 0 Å². The van der Waals surface area contributed by atoms with Crippen LogP contribution in [0.4, 0.5) is 11.4 Å². The number of hydrogen-bond donors (Lipinski definition) is 2. The van der Waals surface area contributed by atoms with Gasteiger partial charge in [0.1, 0.15) is 0 Å². The third-order valence-corrected chi connectivity index (χ3v) is 5.57. The second-order valence-electron chi connectivity index (χ2n) is 6.53. The van der Waals surface area contributed by atoms with Gasteiger partial charge in [0.25, 0.3) is 5.91 Å². The van der Waals surface area contributed by atoms with E-state index in [0.29, 0.717) is 28.6 Å². The molecule has 0 aliphatic carbocycles. The summed E-state index contributed by atoms with van der Waals surface area (Å²) in [7, 11) is 0. The fourth-order valence-corrected chi connectivity index (χ4v) is 3.71. The summed E-state index contributed by atoms with van der Waals surface area (Å²) in [4.78, 5) is 29.9. The zero-order chi connectivity index (χ0) is 21.8. The Labute approximate surface area is 187 Å². The maximum Gasteiger partial charge on any atom is 0.295 e. The van der Waals surface area contributed by atoms with E-state index in [4.69, 9.17) is 11.6 Å². The van der Waals surface area contributed by atoms with Crippen LogP contribution >= 0.6 is 22.9 Å². The molecule has 7 nitrogen and oxygen atoms in total. The van der Waals surface area contributed by atoms with Crippen molar-refractivity contribution in [2.24, 2.45) is 0 Å². The van der Waals surface area contributed by atoms with Gasteiger partial charge in [-0.25, -0.2) is 9.67 Å². The average Bonchev–Trinajstić information content (AvgIpc) is 3.46. The minimum Gasteiger partial charge on any atom is -0.326 e. The lowest BCUT2D eigenvalue weighted by Gasteiger charge is -2.09. The lowest BCUT2D eigenvalue weighted by Crippen LogP contribution is -2.15. The van der Waals surface area contributed by atoms with Crippen molar-refractivity contribution < 1.29 is 9.59 Å². The van der Waals surface area contributed by atoms with Gasteiger partial charge in [0.05, 0.1) is 21.3 Å². The first-order valence-corrected chi connectivity index (χ1v) is 10.8. The number of nitrogens with one attached hydrogen (secondary N) is 2. The first kappa shape index (κ1) is 20.8. The second kappa shape index (κ2) is 9.11. The van der Waals surface area contributed by atoms with E-state index in [9.17, 15) is 9.59 Å². The Morgan fingerprint density at radius 1 is 1.06 bits per heavy atom. The Kier molecular flexibility index (Phi) is 6.11. The Bertz CT molecular complexity index is 1220. The molecular formula is C22H18ClN5O2S. The molecule has 4 rings (SSSR count). The molecule has 0 saturated heterocycles. The van der Waals surface area contributed by atoms with Gasteiger partial charge in [-0.3, -0.25) is 9.59 Å². The number of carbonyl (C=O) groups is 2. The number of hydrogen-bond acceptors (Lipinski definition) is 5. The summed E-state index contributed by atoms with van der Waals surface area (Å²) in [5, 5.41) is 12.2. The third-order valence-electron chi connectivity index (χ3n) is 4.37. The van der Waals surface area contributed by atoms with Crippen molar-refractivity contribution >= 4 is 46.1 Å². The number of aromatic nitrogens is 3. The van der Waals surface area contributed by atoms with Crippen molar-refractivity contribution in [1.82, 2.24) is 14.8 Å². The molecule has 0 bridgehead atoms. The van der Waals surface area contributed by atoms with E-state index in [1.165, 1.54) is 11.3 Å². The van der Waals surface area contributed by atoms with Crippen LogP contribution in [-0.4, -0.2) is 26.6 Å². The van der Waals surface area contributed by atoms with E-state index >= 15 is 0 Å². The summed E-state index contributed by atoms with van der Waals surface area (Å²) in [5.41, 5.74) is 1.68. The largest absolute Gasteiger partial charge is 0.326 e. The highest BCUT2D eigenvalue weighted by atomic mass is 35.5. The smallest absolute Gasteiger partial charge is 0.295 e. The fourth-order valence-electron chi connectivity index (χ4n) is 2.85. The quantitative estimate of drug-likeness (QED) is 0.419. The van der Waals surface area contributed by atoms with Crippen molar-refractivity contribution in [1.29, 1.82) is 0 Å². The van der Waals surface area contributed by atoms with Crippen LogP contribution in [-0.2, 0) is 4.79 Å². The van der Waals surface area contributed by atoms with Gasteiger partial charge in [-0.05, 0) is 41.8 Å². The summed E-state index contributed by atoms with van der Waals surface area (Å²) in [6.45, 7) is 1.76. The van der Waals surface area contributed by atoms with Crippen LogP contribution in [0.3, 0.4) is 0 Å². The highest BCUT2D eigenvalue weighted by Crippen LogP contribution is 2.28. The maximum absolute atomic E-state index is 12.9. The van der Waals surface area contributed by atoms with Crippen LogP contribution in [0, 0.1) is 0 Å². The van der Waals surface area contributed by atoms with Gasteiger partial charge in [-0.15, -0.1) is 16.4 Å². The first-order valence-electron chi connectivity index (χ1n) is 9.52. The van der Waals surface area contributed by atoms with Crippen molar-refractivity contribution in [3.8, 4) is 16.4 Å². The van der Waals surface area contributed by atoms with Gasteiger partial charge in [0, 0.05) is 12.1 Å². The number of rotatable bonds is 6. The van der Waals surface area contributed by atoms with E-state index in [1.54, 1.807) is 29.8 Å². The molecule has 9 heteroatoms. The number of benzene rings is 2. The summed E-state index contributed by atoms with van der Waals surface area (Å²) >= 11 is 7.75. The SMILES string of the molecule is CCC(=O)Nc1ccc(Cl)c(NC(=O)c2nc(-c3cccs3)n(-c3ccccc3)n2)c1. The van der Waals surface area contributed by atoms with Gasteiger partial charge >= 0.3 is 0 Å². The zero-order valence-corrected chi connectivity index (χ0v) is 18.1. The van der Waals surface area contributed by atoms with Crippen molar-refractivity contribution in [2.75, 3.05) is 10.6 Å². The first-order chi connectivity index (χ1) is 15.0. The molecule has 2 amide bonds. The molecule has 2 aromatic heterocycles. The molecule has 0 aliphatic rings. The highest BCUT2D eigenvalue weighted by molar-refractivity contribution is 7.13. The Balaban J connectivity index is 1.65. The van der Waals surface area contributed by atoms with Crippen molar-refractivity contribution in [2.45, 2.75) is 13.3 Å². The molecule has 2 aromatic carbocycles. The van der Waals surface area contributed by atoms with Gasteiger partial charge < -0.3 is 10.6 Å². The maximum atomic E-state index is 12.9. The van der Waals surface area contributed by atoms with Gasteiger partial charge in [0.15, 0.2) is 5.82 Å². The molecule has 0 radical (unpaired) electrons. The predicted molar refractivity (Wildman–Crippen MR) is 123 cm³/mol. The van der Waals surface area contributed by atoms with E-state index in [1.807, 2.05) is 47.8 Å². The van der Waals surface area contributed by atoms with Gasteiger partial charge in [-0.1, -0.05) is 42.8 Å². The number of halogens is 1. The molecule has 0 fully saturated rings. The van der Waals surface area contributed by atoms with Crippen molar-refractivity contribution in [3.05, 3.63) is 76.9 Å². The number of anilines is 2. The Hall–Kier alpha value is -3.49. The van der Waals surface area contributed by atoms with Crippen LogP contribution in [0.1, 0.15) is 24.0 Å². The number of thiophene rings is 1. The molecule has 156 valence electrons. The van der Waals surface area contributed by atoms with E-state index < -0.39 is 5.91 Å². The molecule has 31 heavy (non-hydrogen) atoms. The fraction of sp³-hybridized carbons (Fsp3) is 0.0909. The highest BCUT2D eigenvalue weighted by Gasteiger charge is 2.20. The molecule has 0 aliphatic heterocycles. The average molecular weight is 452 g/mol. The molecule has 0 atom stereocenters. The number of nitrogens with zero attached hydrogens (tertiary/aromatic N) is 3. The number of carbonyl (C=O) groups excluding carboxylic acids is 2. The number of amides is 2. The molecule has 0 unspecified atom stereocenters. The monoisotopic (exact) mass is 451 g/mol. The second-order valence-corrected chi connectivity index (χ2v) is 7.89.